The van der Waals surface area contributed by atoms with Gasteiger partial charge in [0.15, 0.2) is 5.82 Å². The molecule has 0 aliphatic heterocycles. The minimum absolute atomic E-state index is 0.0423. The number of aliphatic hydroxyl groups is 1. The Kier molecular flexibility index (Phi) is 7.98. The number of nitrogens with one attached hydrogen (secondary N) is 3. The van der Waals surface area contributed by atoms with E-state index in [9.17, 15) is 14.7 Å². The van der Waals surface area contributed by atoms with E-state index in [1.807, 2.05) is 0 Å². The maximum Gasteiger partial charge on any atom is 0.350 e. The molecule has 0 unspecified atom stereocenters. The van der Waals surface area contributed by atoms with Gasteiger partial charge in [-0.2, -0.15) is 0 Å². The first-order valence-corrected chi connectivity index (χ1v) is 11.5. The van der Waals surface area contributed by atoms with Crippen molar-refractivity contribution in [3.63, 3.8) is 0 Å². The average molecular weight is 529 g/mol. The second-order valence-corrected chi connectivity index (χ2v) is 8.08. The van der Waals surface area contributed by atoms with Gasteiger partial charge in [0.2, 0.25) is 0 Å². The zero-order chi connectivity index (χ0) is 27.9. The number of ether oxygens (including phenoxy) is 2. The number of aliphatic hydroxyl groups excluding tert-OH is 1. The van der Waals surface area contributed by atoms with E-state index in [1.54, 1.807) is 30.3 Å². The molecule has 198 valence electrons. The molecule has 1 atom stereocenters. The van der Waals surface area contributed by atoms with E-state index >= 15 is 0 Å². The molecule has 2 aromatic heterocycles. The standard InChI is InChI=1S/C26H24N8O5/c1-3-16-11-17(13-19(12-16)38-10-9-35)22(24-32-26(37)34(33-24)25-29-7-4-8-30-25)31-18-5-6-20(23(27)28)21(14-18)39-15(2)36/h1,4-8,11-14,22,31,35H,9-10H2,2H3,(H3,27,28)(H,32,33,37)/t22-/m0/s1. The molecule has 0 fully saturated rings. The van der Waals surface area contributed by atoms with Gasteiger partial charge in [0, 0.05) is 36.6 Å². The number of esters is 1. The fraction of sp³-hybridized carbons (Fsp3) is 0.154. The van der Waals surface area contributed by atoms with Crippen molar-refractivity contribution >= 4 is 17.5 Å². The topological polar surface area (TPSA) is 194 Å². The van der Waals surface area contributed by atoms with Crippen molar-refractivity contribution in [1.82, 2.24) is 24.7 Å². The smallest absolute Gasteiger partial charge is 0.350 e. The van der Waals surface area contributed by atoms with Gasteiger partial charge in [-0.1, -0.05) is 5.92 Å². The number of carbonyl (C=O) groups excluding carboxylic acids is 1. The van der Waals surface area contributed by atoms with Crippen molar-refractivity contribution in [3.05, 3.63) is 87.9 Å². The highest BCUT2D eigenvalue weighted by Crippen LogP contribution is 2.31. The third kappa shape index (κ3) is 6.27. The third-order valence-electron chi connectivity index (χ3n) is 5.28. The van der Waals surface area contributed by atoms with Gasteiger partial charge in [-0.25, -0.2) is 14.8 Å². The summed E-state index contributed by atoms with van der Waals surface area (Å²) in [6, 6.07) is 10.5. The highest BCUT2D eigenvalue weighted by atomic mass is 16.5. The van der Waals surface area contributed by atoms with Crippen molar-refractivity contribution in [3.8, 4) is 29.8 Å². The first-order valence-electron chi connectivity index (χ1n) is 11.5. The molecule has 4 aromatic rings. The largest absolute Gasteiger partial charge is 0.491 e. The van der Waals surface area contributed by atoms with E-state index in [4.69, 9.17) is 27.0 Å². The molecule has 0 radical (unpaired) electrons. The van der Waals surface area contributed by atoms with Crippen LogP contribution in [0.3, 0.4) is 0 Å². The third-order valence-corrected chi connectivity index (χ3v) is 5.28. The zero-order valence-corrected chi connectivity index (χ0v) is 20.7. The second kappa shape index (κ2) is 11.7. The van der Waals surface area contributed by atoms with Crippen LogP contribution in [0.25, 0.3) is 5.95 Å². The first kappa shape index (κ1) is 26.6. The Bertz CT molecular complexity index is 1610. The van der Waals surface area contributed by atoms with Crippen LogP contribution < -0.4 is 26.2 Å². The number of hydrogen-bond acceptors (Lipinski definition) is 10. The summed E-state index contributed by atoms with van der Waals surface area (Å²) in [4.78, 5) is 35.4. The number of nitrogen functional groups attached to an aromatic ring is 1. The van der Waals surface area contributed by atoms with Crippen LogP contribution in [-0.4, -0.2) is 54.9 Å². The van der Waals surface area contributed by atoms with Crippen molar-refractivity contribution in [1.29, 1.82) is 5.41 Å². The highest BCUT2D eigenvalue weighted by molar-refractivity contribution is 5.98. The number of benzene rings is 2. The number of amidine groups is 1. The summed E-state index contributed by atoms with van der Waals surface area (Å²) >= 11 is 0. The van der Waals surface area contributed by atoms with E-state index in [0.717, 1.165) is 4.68 Å². The molecular formula is C26H24N8O5. The monoisotopic (exact) mass is 528 g/mol. The molecule has 0 saturated heterocycles. The van der Waals surface area contributed by atoms with Gasteiger partial charge in [-0.05, 0) is 42.0 Å². The number of aromatic nitrogens is 5. The predicted molar refractivity (Wildman–Crippen MR) is 141 cm³/mol. The molecule has 13 nitrogen and oxygen atoms in total. The lowest BCUT2D eigenvalue weighted by atomic mass is 10.0. The number of carbonyl (C=O) groups is 1. The number of rotatable bonds is 10. The quantitative estimate of drug-likeness (QED) is 0.0654. The van der Waals surface area contributed by atoms with Crippen LogP contribution in [0, 0.1) is 17.8 Å². The van der Waals surface area contributed by atoms with E-state index in [0.29, 0.717) is 22.6 Å². The molecule has 0 aliphatic rings. The summed E-state index contributed by atoms with van der Waals surface area (Å²) in [6.07, 6.45) is 8.63. The minimum atomic E-state index is -0.819. The van der Waals surface area contributed by atoms with Gasteiger partial charge < -0.3 is 25.6 Å². The number of hydrogen-bond donors (Lipinski definition) is 5. The Morgan fingerprint density at radius 3 is 2.72 bits per heavy atom. The minimum Gasteiger partial charge on any atom is -0.491 e. The molecule has 0 saturated carbocycles. The lowest BCUT2D eigenvalue weighted by Gasteiger charge is -2.20. The van der Waals surface area contributed by atoms with E-state index in [1.165, 1.54) is 31.5 Å². The fourth-order valence-corrected chi connectivity index (χ4v) is 3.68. The summed E-state index contributed by atoms with van der Waals surface area (Å²) in [5.41, 5.74) is 6.76. The lowest BCUT2D eigenvalue weighted by Crippen LogP contribution is -2.18. The fourth-order valence-electron chi connectivity index (χ4n) is 3.68. The normalized spacial score (nSPS) is 11.3. The molecule has 0 aliphatic carbocycles. The summed E-state index contributed by atoms with van der Waals surface area (Å²) in [6.45, 7) is 1.07. The first-order chi connectivity index (χ1) is 18.8. The van der Waals surface area contributed by atoms with E-state index in [-0.39, 0.29) is 42.1 Å². The number of terminal acetylenes is 1. The van der Waals surface area contributed by atoms with Crippen LogP contribution in [-0.2, 0) is 4.79 Å². The molecule has 13 heteroatoms. The van der Waals surface area contributed by atoms with Crippen LogP contribution in [0.15, 0.2) is 59.7 Å². The van der Waals surface area contributed by atoms with Crippen molar-refractivity contribution in [2.75, 3.05) is 18.5 Å². The summed E-state index contributed by atoms with van der Waals surface area (Å²) in [5.74, 6) is 2.39. The van der Waals surface area contributed by atoms with E-state index in [2.05, 4.69) is 31.3 Å². The summed E-state index contributed by atoms with van der Waals surface area (Å²) < 4.78 is 11.9. The van der Waals surface area contributed by atoms with E-state index < -0.39 is 17.7 Å². The molecule has 39 heavy (non-hydrogen) atoms. The van der Waals surface area contributed by atoms with Crippen LogP contribution in [0.2, 0.25) is 0 Å². The lowest BCUT2D eigenvalue weighted by molar-refractivity contribution is -0.131. The number of nitrogens with two attached hydrogens (primary N) is 1. The number of nitrogens with zero attached hydrogens (tertiary/aromatic N) is 4. The second-order valence-electron chi connectivity index (χ2n) is 8.08. The molecule has 0 bridgehead atoms. The van der Waals surface area contributed by atoms with Crippen LogP contribution in [0.4, 0.5) is 5.69 Å². The molecule has 2 heterocycles. The van der Waals surface area contributed by atoms with Gasteiger partial charge in [-0.3, -0.25) is 15.2 Å². The Labute approximate surface area is 222 Å². The van der Waals surface area contributed by atoms with Crippen molar-refractivity contribution in [2.24, 2.45) is 5.73 Å². The number of anilines is 1. The van der Waals surface area contributed by atoms with Gasteiger partial charge in [0.25, 0.3) is 5.95 Å². The molecule has 6 N–H and O–H groups in total. The SMILES string of the molecule is C#Cc1cc(OCCO)cc([C@H](Nc2ccc(C(=N)N)c(OC(C)=O)c2)c2nn(-c3ncccn3)c(=O)[nH]2)c1. The highest BCUT2D eigenvalue weighted by Gasteiger charge is 2.23. The maximum absolute atomic E-state index is 12.8. The predicted octanol–water partition coefficient (Wildman–Crippen LogP) is 1.11. The molecule has 2 aromatic carbocycles. The van der Waals surface area contributed by atoms with Crippen LogP contribution >= 0.6 is 0 Å². The zero-order valence-electron chi connectivity index (χ0n) is 20.7. The average Bonchev–Trinajstić information content (AvgIpc) is 3.31. The van der Waals surface area contributed by atoms with Gasteiger partial charge in [0.1, 0.15) is 30.0 Å². The van der Waals surface area contributed by atoms with Crippen molar-refractivity contribution in [2.45, 2.75) is 13.0 Å². The molecule has 0 amide bonds. The van der Waals surface area contributed by atoms with Crippen LogP contribution in [0.5, 0.6) is 11.5 Å². The van der Waals surface area contributed by atoms with Gasteiger partial charge in [0.05, 0.1) is 12.2 Å². The van der Waals surface area contributed by atoms with Crippen LogP contribution in [0.1, 0.15) is 35.5 Å². The number of aromatic amines is 1. The van der Waals surface area contributed by atoms with Gasteiger partial charge >= 0.3 is 11.7 Å². The Morgan fingerprint density at radius 1 is 1.28 bits per heavy atom. The Hall–Kier alpha value is -5.48. The summed E-state index contributed by atoms with van der Waals surface area (Å²) in [7, 11) is 0. The molecule has 0 spiro atoms. The van der Waals surface area contributed by atoms with Gasteiger partial charge in [-0.15, -0.1) is 16.2 Å². The molecule has 4 rings (SSSR count). The maximum atomic E-state index is 12.8. The van der Waals surface area contributed by atoms with Crippen molar-refractivity contribution < 1.29 is 19.4 Å². The molecular weight excluding hydrogens is 504 g/mol. The Morgan fingerprint density at radius 2 is 2.05 bits per heavy atom. The summed E-state index contributed by atoms with van der Waals surface area (Å²) in [5, 5.41) is 24.6. The Balaban J connectivity index is 1.84. The number of H-pyrrole nitrogens is 1.